The van der Waals surface area contributed by atoms with E-state index >= 15 is 0 Å². The maximum Gasteiger partial charge on any atom is 0.262 e. The molecule has 17 aromatic carbocycles. The summed E-state index contributed by atoms with van der Waals surface area (Å²) >= 11 is 0. The van der Waals surface area contributed by atoms with Crippen molar-refractivity contribution in [1.82, 2.24) is 27.4 Å². The standard InChI is InChI=1S/C39H26N2O.C37H24N2O.C33H22N2O/c42-39(29-12-5-2-6-13-29)30-14-9-15-32(26-30)41-37-17-8-7-16-33(37)34-22-23-36-35(38(34)41)24-25-40(36)31-20-18-28(19-21-31)27-10-3-1-4-11-27;40-37(29-15-14-26-10-4-5-11-28(26)24-29)39-35-13-7-6-12-31(35)32-20-21-34-33(36(32)39)22-23-38(34)30-18-16-27(17-19-30)25-8-2-1-3-9-25;36-33(25-11-5-2-6-12-25)35-31-14-8-7-13-27(31)28-19-20-30-29(32(28)35)21-22-34(30)26-17-15-24(16-18-26)23-9-3-1-4-10-23/h1-26H;1-24H;1-22H. The van der Waals surface area contributed by atoms with E-state index in [9.17, 15) is 14.4 Å². The number of carbonyl (C=O) groups is 3. The number of aromatic nitrogens is 6. The first-order valence-corrected chi connectivity index (χ1v) is 39.7. The van der Waals surface area contributed by atoms with Gasteiger partial charge in [0.05, 0.1) is 49.7 Å². The zero-order valence-corrected chi connectivity index (χ0v) is 64.0. The van der Waals surface area contributed by atoms with E-state index in [0.29, 0.717) is 22.3 Å². The lowest BCUT2D eigenvalue weighted by Crippen LogP contribution is -2.11. The number of ketones is 1. The van der Waals surface area contributed by atoms with Crippen molar-refractivity contribution in [2.45, 2.75) is 0 Å². The van der Waals surface area contributed by atoms with Crippen molar-refractivity contribution in [3.05, 3.63) is 459 Å². The quantitative estimate of drug-likeness (QED) is 0.121. The molecular formula is C109H72N6O3. The molecular weight excluding hydrogens is 1440 g/mol. The Balaban J connectivity index is 0.000000110. The molecule has 0 aliphatic carbocycles. The second-order valence-electron chi connectivity index (χ2n) is 29.8. The number of para-hydroxylation sites is 3. The van der Waals surface area contributed by atoms with Crippen LogP contribution in [0.4, 0.5) is 0 Å². The predicted octanol–water partition coefficient (Wildman–Crippen LogP) is 27.0. The Morgan fingerprint density at radius 3 is 0.992 bits per heavy atom. The summed E-state index contributed by atoms with van der Waals surface area (Å²) in [7, 11) is 0. The molecule has 0 N–H and O–H groups in total. The van der Waals surface area contributed by atoms with Crippen LogP contribution in [-0.2, 0) is 0 Å². The number of hydrogen-bond donors (Lipinski definition) is 0. The minimum absolute atomic E-state index is 0.0192. The molecule has 0 unspecified atom stereocenters. The second kappa shape index (κ2) is 29.5. The first-order chi connectivity index (χ1) is 58.3. The summed E-state index contributed by atoms with van der Waals surface area (Å²) < 4.78 is 12.7. The van der Waals surface area contributed by atoms with Gasteiger partial charge in [0.1, 0.15) is 0 Å². The largest absolute Gasteiger partial charge is 0.316 e. The molecule has 9 heteroatoms. The van der Waals surface area contributed by atoms with Gasteiger partial charge in [0.15, 0.2) is 5.78 Å². The molecule has 118 heavy (non-hydrogen) atoms. The molecule has 0 spiro atoms. The second-order valence-corrected chi connectivity index (χ2v) is 29.8. The number of carbonyl (C=O) groups excluding carboxylic acids is 3. The lowest BCUT2D eigenvalue weighted by Gasteiger charge is -2.11. The molecule has 556 valence electrons. The molecule has 0 radical (unpaired) electrons. The van der Waals surface area contributed by atoms with E-state index < -0.39 is 0 Å². The first-order valence-electron chi connectivity index (χ1n) is 39.7. The number of hydrogen-bond acceptors (Lipinski definition) is 3. The fourth-order valence-electron chi connectivity index (χ4n) is 17.4. The predicted molar refractivity (Wildman–Crippen MR) is 486 cm³/mol. The third kappa shape index (κ3) is 12.2. The first kappa shape index (κ1) is 69.9. The van der Waals surface area contributed by atoms with Crippen LogP contribution in [-0.4, -0.2) is 45.0 Å². The Labute approximate surface area is 679 Å². The van der Waals surface area contributed by atoms with Crippen LogP contribution in [0.3, 0.4) is 0 Å². The zero-order valence-electron chi connectivity index (χ0n) is 64.0. The molecule has 6 heterocycles. The SMILES string of the molecule is O=C(c1ccc2ccccc2c1)n1c2ccccc2c2ccc3c(ccn3-c3ccc(-c4ccccc4)cc3)c21.O=C(c1ccccc1)c1cccc(-n2c3ccccc3c3ccc4c(ccn4-c4ccc(-c5ccccc5)cc4)c32)c1.O=C(c1ccccc1)n1c2ccccc2c2ccc3c(ccn3-c3ccc(-c4ccccc4)cc3)c21. The van der Waals surface area contributed by atoms with Gasteiger partial charge in [0.25, 0.3) is 11.8 Å². The van der Waals surface area contributed by atoms with E-state index in [0.717, 1.165) is 121 Å². The van der Waals surface area contributed by atoms with E-state index in [-0.39, 0.29) is 17.6 Å². The smallest absolute Gasteiger partial charge is 0.262 e. The van der Waals surface area contributed by atoms with Crippen molar-refractivity contribution in [3.8, 4) is 56.1 Å². The summed E-state index contributed by atoms with van der Waals surface area (Å²) in [6.45, 7) is 0. The van der Waals surface area contributed by atoms with Gasteiger partial charge in [-0.05, 0) is 172 Å². The third-order valence-corrected chi connectivity index (χ3v) is 23.1. The normalized spacial score (nSPS) is 11.5. The summed E-state index contributed by atoms with van der Waals surface area (Å²) in [6.07, 6.45) is 6.35. The van der Waals surface area contributed by atoms with Gasteiger partial charge in [-0.25, -0.2) is 0 Å². The molecule has 23 aromatic rings. The number of nitrogens with zero attached hydrogens (tertiary/aromatic N) is 6. The van der Waals surface area contributed by atoms with E-state index in [1.54, 1.807) is 0 Å². The number of benzene rings is 17. The molecule has 0 amide bonds. The molecule has 0 bridgehead atoms. The van der Waals surface area contributed by atoms with Crippen molar-refractivity contribution in [2.24, 2.45) is 0 Å². The van der Waals surface area contributed by atoms with Gasteiger partial charge in [-0.15, -0.1) is 0 Å². The van der Waals surface area contributed by atoms with Gasteiger partial charge >= 0.3 is 0 Å². The van der Waals surface area contributed by atoms with E-state index in [1.165, 1.54) is 44.2 Å². The van der Waals surface area contributed by atoms with Crippen molar-refractivity contribution in [2.75, 3.05) is 0 Å². The fraction of sp³-hybridized carbons (Fsp3) is 0. The highest BCUT2D eigenvalue weighted by atomic mass is 16.2. The summed E-state index contributed by atoms with van der Waals surface area (Å²) in [4.78, 5) is 41.4. The molecule has 0 aliphatic rings. The topological polar surface area (TPSA) is 80.8 Å². The van der Waals surface area contributed by atoms with Crippen molar-refractivity contribution >= 4 is 126 Å². The Bertz CT molecular complexity index is 7800. The lowest BCUT2D eigenvalue weighted by molar-refractivity contribution is 0.0961. The lowest BCUT2D eigenvalue weighted by atomic mass is 10.0. The highest BCUT2D eigenvalue weighted by Crippen LogP contribution is 2.42. The molecule has 6 aromatic heterocycles. The summed E-state index contributed by atoms with van der Waals surface area (Å²) in [5.41, 5.74) is 23.4. The maximum atomic E-state index is 14.2. The molecule has 0 aliphatic heterocycles. The van der Waals surface area contributed by atoms with Crippen LogP contribution in [0.5, 0.6) is 0 Å². The molecule has 0 fully saturated rings. The number of fused-ring (bicyclic) bond motifs is 16. The highest BCUT2D eigenvalue weighted by molar-refractivity contribution is 6.25. The van der Waals surface area contributed by atoms with Gasteiger partial charge in [0.2, 0.25) is 0 Å². The van der Waals surface area contributed by atoms with Gasteiger partial charge in [-0.2, -0.15) is 0 Å². The van der Waals surface area contributed by atoms with Gasteiger partial charge in [-0.1, -0.05) is 291 Å². The molecule has 0 saturated carbocycles. The van der Waals surface area contributed by atoms with Crippen LogP contribution in [0.25, 0.3) is 165 Å². The zero-order chi connectivity index (χ0) is 78.7. The van der Waals surface area contributed by atoms with E-state index in [2.05, 4.69) is 292 Å². The molecule has 0 saturated heterocycles. The minimum Gasteiger partial charge on any atom is -0.316 e. The van der Waals surface area contributed by atoms with Crippen LogP contribution in [0.15, 0.2) is 437 Å². The van der Waals surface area contributed by atoms with E-state index in [4.69, 9.17) is 0 Å². The average molecular weight is 1510 g/mol. The summed E-state index contributed by atoms with van der Waals surface area (Å²) in [6, 6.07) is 143. The highest BCUT2D eigenvalue weighted by Gasteiger charge is 2.25. The Kier molecular flexibility index (Phi) is 17.5. The summed E-state index contributed by atoms with van der Waals surface area (Å²) in [5.74, 6) is -0.0212. The van der Waals surface area contributed by atoms with E-state index in [1.807, 2.05) is 173 Å². The van der Waals surface area contributed by atoms with Gasteiger partial charge in [0, 0.05) is 112 Å². The van der Waals surface area contributed by atoms with Crippen molar-refractivity contribution in [1.29, 1.82) is 0 Å². The van der Waals surface area contributed by atoms with Gasteiger partial charge < -0.3 is 18.3 Å². The average Bonchev–Trinajstić information content (AvgIpc) is 1.58. The monoisotopic (exact) mass is 1510 g/mol. The maximum absolute atomic E-state index is 14.2. The van der Waals surface area contributed by atoms with Crippen molar-refractivity contribution in [3.63, 3.8) is 0 Å². The Morgan fingerprint density at radius 2 is 0.534 bits per heavy atom. The minimum atomic E-state index is -0.0237. The van der Waals surface area contributed by atoms with Gasteiger partial charge in [-0.3, -0.25) is 23.5 Å². The molecule has 23 rings (SSSR count). The van der Waals surface area contributed by atoms with Crippen LogP contribution in [0.2, 0.25) is 0 Å². The third-order valence-electron chi connectivity index (χ3n) is 23.1. The van der Waals surface area contributed by atoms with Crippen LogP contribution in [0, 0.1) is 0 Å². The van der Waals surface area contributed by atoms with Crippen LogP contribution >= 0.6 is 0 Å². The Morgan fingerprint density at radius 1 is 0.186 bits per heavy atom. The Hall–Kier alpha value is -16.0. The molecule has 9 nitrogen and oxygen atoms in total. The van der Waals surface area contributed by atoms with Crippen LogP contribution < -0.4 is 0 Å². The molecule has 0 atom stereocenters. The number of rotatable bonds is 11. The fourth-order valence-corrected chi connectivity index (χ4v) is 17.4. The van der Waals surface area contributed by atoms with Crippen LogP contribution in [0.1, 0.15) is 36.6 Å². The summed E-state index contributed by atoms with van der Waals surface area (Å²) in [5, 5.41) is 12.2. The van der Waals surface area contributed by atoms with Crippen molar-refractivity contribution < 1.29 is 14.4 Å².